The second kappa shape index (κ2) is 12.8. The number of amides is 1. The molecule has 0 saturated carbocycles. The minimum atomic E-state index is -0.723. The molecular weight excluding hydrogens is 541 g/mol. The molecule has 2 fully saturated rings. The van der Waals surface area contributed by atoms with E-state index in [4.69, 9.17) is 43.4 Å². The summed E-state index contributed by atoms with van der Waals surface area (Å²) in [5.74, 6) is 1.94. The molecule has 1 aromatic carbocycles. The summed E-state index contributed by atoms with van der Waals surface area (Å²) in [6.07, 6.45) is 4.48. The molecule has 5 rings (SSSR count). The fraction of sp³-hybridized carbons (Fsp3) is 0.407. The number of nitrogens with one attached hydrogen (secondary N) is 1. The number of hydrogen-bond donors (Lipinski definition) is 2. The van der Waals surface area contributed by atoms with Crippen molar-refractivity contribution in [3.05, 3.63) is 58.3 Å². The van der Waals surface area contributed by atoms with Gasteiger partial charge in [-0.1, -0.05) is 23.2 Å². The second-order valence-corrected chi connectivity index (χ2v) is 10.6. The maximum atomic E-state index is 10.9. The number of aromatic nitrogens is 3. The third-order valence-electron chi connectivity index (χ3n) is 6.83. The van der Waals surface area contributed by atoms with Gasteiger partial charge in [0.05, 0.1) is 24.7 Å². The molecule has 0 unspecified atom stereocenters. The summed E-state index contributed by atoms with van der Waals surface area (Å²) in [6.45, 7) is 6.39. The predicted octanol–water partition coefficient (Wildman–Crippen LogP) is 4.35. The van der Waals surface area contributed by atoms with E-state index >= 15 is 0 Å². The van der Waals surface area contributed by atoms with Crippen molar-refractivity contribution in [2.45, 2.75) is 19.4 Å². The highest BCUT2D eigenvalue weighted by Crippen LogP contribution is 2.31. The Kier molecular flexibility index (Phi) is 8.98. The maximum Gasteiger partial charge on any atom is 0.404 e. The summed E-state index contributed by atoms with van der Waals surface area (Å²) in [6, 6.07) is 9.32. The highest BCUT2D eigenvalue weighted by Gasteiger charge is 2.21. The van der Waals surface area contributed by atoms with Gasteiger partial charge in [0.2, 0.25) is 11.8 Å². The summed E-state index contributed by atoms with van der Waals surface area (Å²) < 4.78 is 11.1. The van der Waals surface area contributed by atoms with Gasteiger partial charge < -0.3 is 25.4 Å². The predicted molar refractivity (Wildman–Crippen MR) is 150 cm³/mol. The van der Waals surface area contributed by atoms with E-state index in [2.05, 4.69) is 25.1 Å². The molecule has 12 heteroatoms. The zero-order valence-corrected chi connectivity index (χ0v) is 23.0. The molecule has 2 saturated heterocycles. The Morgan fingerprint density at radius 1 is 1.00 bits per heavy atom. The number of carbonyl (C=O) groups is 1. The number of piperidine rings is 1. The number of likely N-dealkylation sites (tertiary alicyclic amines) is 1. The molecule has 206 valence electrons. The van der Waals surface area contributed by atoms with Gasteiger partial charge in [0.25, 0.3) is 0 Å². The van der Waals surface area contributed by atoms with E-state index in [-0.39, 0.29) is 0 Å². The van der Waals surface area contributed by atoms with Crippen LogP contribution in [0.2, 0.25) is 10.0 Å². The quantitative estimate of drug-likeness (QED) is 0.406. The molecular formula is C27H31Cl2N7O3. The van der Waals surface area contributed by atoms with Crippen molar-refractivity contribution < 1.29 is 14.3 Å². The van der Waals surface area contributed by atoms with Gasteiger partial charge in [0, 0.05) is 54.4 Å². The Morgan fingerprint density at radius 3 is 2.36 bits per heavy atom. The van der Waals surface area contributed by atoms with Crippen molar-refractivity contribution in [2.75, 3.05) is 50.8 Å². The molecule has 0 aliphatic carbocycles. The first-order chi connectivity index (χ1) is 18.9. The van der Waals surface area contributed by atoms with E-state index in [1.165, 1.54) is 0 Å². The topological polar surface area (TPSA) is 119 Å². The molecule has 2 aromatic heterocycles. The lowest BCUT2D eigenvalue weighted by Crippen LogP contribution is -2.44. The molecule has 0 spiro atoms. The van der Waals surface area contributed by atoms with E-state index in [0.29, 0.717) is 52.4 Å². The maximum absolute atomic E-state index is 10.9. The lowest BCUT2D eigenvalue weighted by Gasteiger charge is -2.31. The first kappa shape index (κ1) is 27.4. The van der Waals surface area contributed by atoms with Crippen LogP contribution in [0, 0.1) is 5.92 Å². The third-order valence-corrected chi connectivity index (χ3v) is 7.27. The Morgan fingerprint density at radius 2 is 1.69 bits per heavy atom. The average Bonchev–Trinajstić information content (AvgIpc) is 2.93. The highest BCUT2D eigenvalue weighted by molar-refractivity contribution is 6.35. The van der Waals surface area contributed by atoms with Crippen molar-refractivity contribution in [3.8, 4) is 22.9 Å². The number of anilines is 1. The molecule has 1 amide bonds. The average molecular weight is 572 g/mol. The van der Waals surface area contributed by atoms with Crippen LogP contribution in [0.1, 0.15) is 18.4 Å². The lowest BCUT2D eigenvalue weighted by molar-refractivity contribution is 0.1000. The SMILES string of the molecule is NC(=O)OCC1CCN(Cc2cc(Oc3cnc(N4CCNCC4)nc3)nc(-c3cc(Cl)cc(Cl)c3)c2)CC1. The van der Waals surface area contributed by atoms with Crippen LogP contribution in [-0.2, 0) is 11.3 Å². The highest BCUT2D eigenvalue weighted by atomic mass is 35.5. The monoisotopic (exact) mass is 571 g/mol. The molecule has 2 aliphatic rings. The van der Waals surface area contributed by atoms with Crippen LogP contribution >= 0.6 is 23.2 Å². The largest absolute Gasteiger partial charge is 0.449 e. The zero-order chi connectivity index (χ0) is 27.2. The van der Waals surface area contributed by atoms with Crippen molar-refractivity contribution in [1.29, 1.82) is 0 Å². The van der Waals surface area contributed by atoms with E-state index in [1.54, 1.807) is 18.5 Å². The summed E-state index contributed by atoms with van der Waals surface area (Å²) in [5, 5.41) is 4.39. The molecule has 39 heavy (non-hydrogen) atoms. The third kappa shape index (κ3) is 7.69. The smallest absolute Gasteiger partial charge is 0.404 e. The van der Waals surface area contributed by atoms with Gasteiger partial charge in [-0.3, -0.25) is 4.90 Å². The number of ether oxygens (including phenoxy) is 2. The Bertz CT molecular complexity index is 1260. The molecule has 4 heterocycles. The summed E-state index contributed by atoms with van der Waals surface area (Å²) in [7, 11) is 0. The van der Waals surface area contributed by atoms with Crippen LogP contribution in [0.15, 0.2) is 42.7 Å². The van der Waals surface area contributed by atoms with E-state index in [9.17, 15) is 4.79 Å². The van der Waals surface area contributed by atoms with E-state index in [1.807, 2.05) is 24.3 Å². The summed E-state index contributed by atoms with van der Waals surface area (Å²) >= 11 is 12.6. The number of nitrogens with zero attached hydrogens (tertiary/aromatic N) is 5. The van der Waals surface area contributed by atoms with E-state index < -0.39 is 6.09 Å². The molecule has 0 bridgehead atoms. The van der Waals surface area contributed by atoms with Gasteiger partial charge in [-0.25, -0.2) is 19.7 Å². The van der Waals surface area contributed by atoms with Crippen LogP contribution in [0.4, 0.5) is 10.7 Å². The molecule has 3 N–H and O–H groups in total. The number of piperazine rings is 1. The van der Waals surface area contributed by atoms with Crippen molar-refractivity contribution in [3.63, 3.8) is 0 Å². The van der Waals surface area contributed by atoms with Crippen LogP contribution in [0.25, 0.3) is 11.3 Å². The minimum absolute atomic E-state index is 0.318. The number of benzene rings is 1. The number of nitrogens with two attached hydrogens (primary N) is 1. The molecule has 3 aromatic rings. The summed E-state index contributed by atoms with van der Waals surface area (Å²) in [4.78, 5) is 29.2. The molecule has 0 atom stereocenters. The van der Waals surface area contributed by atoms with Crippen LogP contribution in [-0.4, -0.2) is 71.8 Å². The van der Waals surface area contributed by atoms with Crippen LogP contribution in [0.5, 0.6) is 11.6 Å². The zero-order valence-electron chi connectivity index (χ0n) is 21.5. The Balaban J connectivity index is 1.33. The number of hydrogen-bond acceptors (Lipinski definition) is 9. The molecule has 10 nitrogen and oxygen atoms in total. The van der Waals surface area contributed by atoms with Gasteiger partial charge >= 0.3 is 6.09 Å². The van der Waals surface area contributed by atoms with Gasteiger partial charge in [-0.2, -0.15) is 0 Å². The molecule has 2 aliphatic heterocycles. The van der Waals surface area contributed by atoms with Crippen molar-refractivity contribution in [2.24, 2.45) is 11.7 Å². The number of rotatable bonds is 8. The first-order valence-electron chi connectivity index (χ1n) is 13.0. The fourth-order valence-corrected chi connectivity index (χ4v) is 5.36. The second-order valence-electron chi connectivity index (χ2n) is 9.76. The normalized spacial score (nSPS) is 16.7. The summed E-state index contributed by atoms with van der Waals surface area (Å²) in [5.41, 5.74) is 7.65. The first-order valence-corrected chi connectivity index (χ1v) is 13.7. The van der Waals surface area contributed by atoms with Gasteiger partial charge in [0.15, 0.2) is 5.75 Å². The lowest BCUT2D eigenvalue weighted by atomic mass is 9.97. The fourth-order valence-electron chi connectivity index (χ4n) is 4.83. The standard InChI is InChI=1S/C27H31Cl2N7O3/c28-21-11-20(12-22(29)13-21)24-9-19(16-35-5-1-18(2-6-35)17-38-26(30)37)10-25(34-24)39-23-14-32-27(33-15-23)36-7-3-31-4-8-36/h9-15,18,31H,1-8,16-17H2,(H2,30,37). The van der Waals surface area contributed by atoms with Crippen LogP contribution < -0.4 is 20.7 Å². The van der Waals surface area contributed by atoms with Crippen molar-refractivity contribution in [1.82, 2.24) is 25.2 Å². The van der Waals surface area contributed by atoms with Gasteiger partial charge in [0.1, 0.15) is 0 Å². The van der Waals surface area contributed by atoms with Gasteiger partial charge in [-0.05, 0) is 61.7 Å². The number of carbonyl (C=O) groups excluding carboxylic acids is 1. The minimum Gasteiger partial charge on any atom is -0.449 e. The Labute approximate surface area is 237 Å². The van der Waals surface area contributed by atoms with E-state index in [0.717, 1.165) is 63.2 Å². The molecule has 0 radical (unpaired) electrons. The van der Waals surface area contributed by atoms with Crippen molar-refractivity contribution >= 4 is 35.2 Å². The Hall–Kier alpha value is -3.18. The number of primary amides is 1. The van der Waals surface area contributed by atoms with Crippen LogP contribution in [0.3, 0.4) is 0 Å². The number of pyridine rings is 1. The van der Waals surface area contributed by atoms with Gasteiger partial charge in [-0.15, -0.1) is 0 Å². The number of halogens is 2.